The highest BCUT2D eigenvalue weighted by Crippen LogP contribution is 2.25. The number of para-hydroxylation sites is 1. The van der Waals surface area contributed by atoms with Gasteiger partial charge in [0.15, 0.2) is 4.77 Å². The van der Waals surface area contributed by atoms with Crippen LogP contribution in [0.5, 0.6) is 5.75 Å². The Morgan fingerprint density at radius 2 is 2.19 bits per heavy atom. The maximum Gasteiger partial charge on any atom is 0.178 e. The largest absolute Gasteiger partial charge is 0.494 e. The van der Waals surface area contributed by atoms with Crippen molar-refractivity contribution >= 4 is 23.3 Å². The van der Waals surface area contributed by atoms with Crippen molar-refractivity contribution in [2.75, 3.05) is 7.11 Å². The molecule has 110 valence electrons. The number of methoxy groups -OCH3 is 1. The molecular weight excluding hydrogens is 284 g/mol. The highest BCUT2D eigenvalue weighted by Gasteiger charge is 2.12. The van der Waals surface area contributed by atoms with Crippen LogP contribution in [0.2, 0.25) is 0 Å². The molecule has 3 rings (SSSR count). The number of rotatable bonds is 4. The first-order valence-corrected chi connectivity index (χ1v) is 7.31. The minimum atomic E-state index is 0.695. The summed E-state index contributed by atoms with van der Waals surface area (Å²) in [5.41, 5.74) is 4.29. The predicted molar refractivity (Wildman–Crippen MR) is 85.4 cm³/mol. The minimum absolute atomic E-state index is 0.695. The molecule has 2 aromatic heterocycles. The normalized spacial score (nSPS) is 11.2. The molecule has 21 heavy (non-hydrogen) atoms. The molecular formula is C15H18N4OS. The molecule has 0 saturated carbocycles. The van der Waals surface area contributed by atoms with E-state index in [-0.39, 0.29) is 0 Å². The molecule has 1 aromatic carbocycles. The van der Waals surface area contributed by atoms with Gasteiger partial charge >= 0.3 is 0 Å². The van der Waals surface area contributed by atoms with Crippen molar-refractivity contribution in [3.8, 4) is 5.75 Å². The van der Waals surface area contributed by atoms with Crippen molar-refractivity contribution in [1.82, 2.24) is 19.3 Å². The fourth-order valence-corrected chi connectivity index (χ4v) is 2.93. The first kappa shape index (κ1) is 13.9. The number of fused-ring (bicyclic) bond motifs is 1. The highest BCUT2D eigenvalue weighted by atomic mass is 32.1. The zero-order valence-corrected chi connectivity index (χ0v) is 13.2. The average Bonchev–Trinajstić information content (AvgIpc) is 2.99. The van der Waals surface area contributed by atoms with E-state index in [0.717, 1.165) is 28.9 Å². The van der Waals surface area contributed by atoms with Gasteiger partial charge in [0.2, 0.25) is 0 Å². The molecule has 0 amide bonds. The fourth-order valence-electron chi connectivity index (χ4n) is 2.66. The molecule has 3 aromatic rings. The van der Waals surface area contributed by atoms with E-state index >= 15 is 0 Å². The lowest BCUT2D eigenvalue weighted by Crippen LogP contribution is -2.01. The Hall–Kier alpha value is -2.08. The van der Waals surface area contributed by atoms with Gasteiger partial charge in [-0.2, -0.15) is 5.10 Å². The van der Waals surface area contributed by atoms with Crippen LogP contribution in [0.3, 0.4) is 0 Å². The van der Waals surface area contributed by atoms with Crippen LogP contribution in [0.1, 0.15) is 18.2 Å². The molecule has 0 spiro atoms. The number of benzene rings is 1. The van der Waals surface area contributed by atoms with E-state index in [1.165, 1.54) is 5.56 Å². The monoisotopic (exact) mass is 302 g/mol. The van der Waals surface area contributed by atoms with Gasteiger partial charge in [0, 0.05) is 18.8 Å². The van der Waals surface area contributed by atoms with Gasteiger partial charge in [-0.1, -0.05) is 13.0 Å². The number of ether oxygens (including phenoxy) is 1. The third-order valence-electron chi connectivity index (χ3n) is 3.65. The van der Waals surface area contributed by atoms with Gasteiger partial charge in [0.1, 0.15) is 11.3 Å². The maximum atomic E-state index is 5.47. The van der Waals surface area contributed by atoms with Crippen LogP contribution in [0.15, 0.2) is 24.4 Å². The molecule has 0 aliphatic carbocycles. The zero-order valence-electron chi connectivity index (χ0n) is 12.4. The Kier molecular flexibility index (Phi) is 3.55. The number of nitrogens with one attached hydrogen (secondary N) is 1. The summed E-state index contributed by atoms with van der Waals surface area (Å²) in [7, 11) is 3.61. The number of aromatic nitrogens is 4. The third kappa shape index (κ3) is 2.35. The second-order valence-electron chi connectivity index (χ2n) is 5.00. The van der Waals surface area contributed by atoms with Crippen LogP contribution < -0.4 is 4.74 Å². The topological polar surface area (TPSA) is 47.8 Å². The molecule has 0 atom stereocenters. The van der Waals surface area contributed by atoms with Crippen LogP contribution in [-0.2, 0) is 20.0 Å². The van der Waals surface area contributed by atoms with E-state index in [2.05, 4.69) is 27.8 Å². The lowest BCUT2D eigenvalue weighted by atomic mass is 10.2. The van der Waals surface area contributed by atoms with E-state index in [9.17, 15) is 0 Å². The van der Waals surface area contributed by atoms with Crippen LogP contribution in [0.4, 0.5) is 0 Å². The quantitative estimate of drug-likeness (QED) is 0.754. The number of hydrogen-bond acceptors (Lipinski definition) is 3. The molecule has 0 radical (unpaired) electrons. The average molecular weight is 302 g/mol. The molecule has 2 heterocycles. The molecule has 0 saturated heterocycles. The predicted octanol–water partition coefficient (Wildman–Crippen LogP) is 3.05. The van der Waals surface area contributed by atoms with Gasteiger partial charge in [-0.3, -0.25) is 4.68 Å². The summed E-state index contributed by atoms with van der Waals surface area (Å²) in [5.74, 6) is 0.805. The molecule has 1 N–H and O–H groups in total. The summed E-state index contributed by atoms with van der Waals surface area (Å²) < 4.78 is 10.0. The van der Waals surface area contributed by atoms with E-state index in [1.807, 2.05) is 29.9 Å². The van der Waals surface area contributed by atoms with Crippen molar-refractivity contribution in [2.24, 2.45) is 7.05 Å². The van der Waals surface area contributed by atoms with Gasteiger partial charge < -0.3 is 14.3 Å². The second-order valence-corrected chi connectivity index (χ2v) is 5.39. The lowest BCUT2D eigenvalue weighted by Gasteiger charge is -2.05. The summed E-state index contributed by atoms with van der Waals surface area (Å²) in [4.78, 5) is 3.24. The number of imidazole rings is 1. The summed E-state index contributed by atoms with van der Waals surface area (Å²) in [6.07, 6.45) is 2.97. The molecule has 6 heteroatoms. The van der Waals surface area contributed by atoms with Crippen LogP contribution in [0, 0.1) is 4.77 Å². The molecule has 0 unspecified atom stereocenters. The number of aryl methyl sites for hydroxylation is 2. The third-order valence-corrected chi connectivity index (χ3v) is 3.97. The van der Waals surface area contributed by atoms with Crippen molar-refractivity contribution < 1.29 is 4.74 Å². The number of nitrogens with zero attached hydrogens (tertiary/aromatic N) is 3. The van der Waals surface area contributed by atoms with E-state index in [4.69, 9.17) is 17.0 Å². The molecule has 0 fully saturated rings. The van der Waals surface area contributed by atoms with Crippen molar-refractivity contribution in [1.29, 1.82) is 0 Å². The first-order valence-electron chi connectivity index (χ1n) is 6.91. The van der Waals surface area contributed by atoms with Crippen molar-refractivity contribution in [3.63, 3.8) is 0 Å². The van der Waals surface area contributed by atoms with Gasteiger partial charge in [-0.25, -0.2) is 0 Å². The molecule has 5 nitrogen and oxygen atoms in total. The van der Waals surface area contributed by atoms with E-state index in [1.54, 1.807) is 7.11 Å². The van der Waals surface area contributed by atoms with Crippen molar-refractivity contribution in [3.05, 3.63) is 40.4 Å². The van der Waals surface area contributed by atoms with Crippen molar-refractivity contribution in [2.45, 2.75) is 19.9 Å². The maximum absolute atomic E-state index is 5.47. The molecule has 0 aliphatic heterocycles. The Bertz CT molecular complexity index is 843. The van der Waals surface area contributed by atoms with Gasteiger partial charge in [-0.15, -0.1) is 0 Å². The second kappa shape index (κ2) is 5.37. The summed E-state index contributed by atoms with van der Waals surface area (Å²) in [6.45, 7) is 2.83. The van der Waals surface area contributed by atoms with Gasteiger partial charge in [0.25, 0.3) is 0 Å². The van der Waals surface area contributed by atoms with E-state index < -0.39 is 0 Å². The summed E-state index contributed by atoms with van der Waals surface area (Å²) >= 11 is 5.47. The van der Waals surface area contributed by atoms with Crippen LogP contribution in [-0.4, -0.2) is 26.4 Å². The lowest BCUT2D eigenvalue weighted by molar-refractivity contribution is 0.419. The Balaban J connectivity index is 2.12. The molecule has 0 aliphatic rings. The Morgan fingerprint density at radius 1 is 1.38 bits per heavy atom. The minimum Gasteiger partial charge on any atom is -0.494 e. The Morgan fingerprint density at radius 3 is 2.90 bits per heavy atom. The van der Waals surface area contributed by atoms with Crippen LogP contribution in [0.25, 0.3) is 11.0 Å². The van der Waals surface area contributed by atoms with E-state index in [0.29, 0.717) is 11.3 Å². The number of hydrogen-bond donors (Lipinski definition) is 1. The summed E-state index contributed by atoms with van der Waals surface area (Å²) in [6, 6.07) is 5.95. The SMILES string of the molecule is CCc1nn(C)cc1Cn1c(=S)[nH]c2c(OC)cccc21. The number of aromatic amines is 1. The number of H-pyrrole nitrogens is 1. The zero-order chi connectivity index (χ0) is 15.0. The summed E-state index contributed by atoms with van der Waals surface area (Å²) in [5, 5.41) is 4.49. The highest BCUT2D eigenvalue weighted by molar-refractivity contribution is 7.71. The Labute approximate surface area is 128 Å². The smallest absolute Gasteiger partial charge is 0.178 e. The fraction of sp³-hybridized carbons (Fsp3) is 0.333. The first-order chi connectivity index (χ1) is 10.1. The standard InChI is InChI=1S/C15H18N4OS/c1-4-11-10(8-18(2)17-11)9-19-12-6-5-7-13(20-3)14(12)16-15(19)21/h5-8H,4,9H2,1-3H3,(H,16,21). The molecule has 0 bridgehead atoms. The van der Waals surface area contributed by atoms with Gasteiger partial charge in [0.05, 0.1) is 24.9 Å². The van der Waals surface area contributed by atoms with Crippen LogP contribution >= 0.6 is 12.2 Å². The van der Waals surface area contributed by atoms with Gasteiger partial charge in [-0.05, 0) is 30.8 Å².